The number of benzene rings is 1. The molecule has 2 aromatic heterocycles. The van der Waals surface area contributed by atoms with Crippen LogP contribution < -0.4 is 16.6 Å². The summed E-state index contributed by atoms with van der Waals surface area (Å²) in [7, 11) is 0. The number of hydrogen-bond acceptors (Lipinski definition) is 6. The van der Waals surface area contributed by atoms with Crippen LogP contribution in [-0.2, 0) is 6.54 Å². The minimum atomic E-state index is 0.390. The van der Waals surface area contributed by atoms with Gasteiger partial charge in [-0.05, 0) is 29.8 Å². The third kappa shape index (κ3) is 2.50. The van der Waals surface area contributed by atoms with Gasteiger partial charge in [0, 0.05) is 24.3 Å². The monoisotopic (exact) mass is 266 g/mol. The molecule has 0 saturated carbocycles. The molecule has 3 aromatic rings. The molecular weight excluding hydrogens is 252 g/mol. The number of pyridine rings is 1. The first-order valence-corrected chi connectivity index (χ1v) is 6.23. The van der Waals surface area contributed by atoms with Gasteiger partial charge < -0.3 is 5.32 Å². The number of nitrogens with two attached hydrogens (primary N) is 1. The van der Waals surface area contributed by atoms with Crippen LogP contribution in [0.25, 0.3) is 10.9 Å². The molecule has 0 unspecified atom stereocenters. The van der Waals surface area contributed by atoms with Crippen molar-refractivity contribution in [1.82, 2.24) is 15.0 Å². The number of para-hydroxylation sites is 1. The summed E-state index contributed by atoms with van der Waals surface area (Å²) in [6.07, 6.45) is 3.53. The molecule has 4 N–H and O–H groups in total. The molecule has 3 rings (SSSR count). The number of fused-ring (bicyclic) bond motifs is 1. The van der Waals surface area contributed by atoms with Gasteiger partial charge in [0.05, 0.1) is 5.52 Å². The Morgan fingerprint density at radius 2 is 1.80 bits per heavy atom. The second-order valence-electron chi connectivity index (χ2n) is 4.27. The number of rotatable bonds is 4. The molecule has 0 saturated heterocycles. The largest absolute Gasteiger partial charge is 0.365 e. The van der Waals surface area contributed by atoms with E-state index in [1.54, 1.807) is 12.4 Å². The van der Waals surface area contributed by atoms with E-state index in [2.05, 4.69) is 25.7 Å². The third-order valence-electron chi connectivity index (χ3n) is 2.94. The highest BCUT2D eigenvalue weighted by Gasteiger charge is 2.06. The van der Waals surface area contributed by atoms with Crippen LogP contribution in [0.15, 0.2) is 48.8 Å². The van der Waals surface area contributed by atoms with Crippen LogP contribution in [0.2, 0.25) is 0 Å². The van der Waals surface area contributed by atoms with Crippen LogP contribution in [0.4, 0.5) is 11.8 Å². The Bertz CT molecular complexity index is 713. The smallest absolute Gasteiger partial charge is 0.239 e. The van der Waals surface area contributed by atoms with Crippen LogP contribution in [-0.4, -0.2) is 15.0 Å². The van der Waals surface area contributed by atoms with Crippen molar-refractivity contribution >= 4 is 22.7 Å². The number of hydrogen-bond donors (Lipinski definition) is 3. The van der Waals surface area contributed by atoms with Gasteiger partial charge in [-0.25, -0.2) is 10.8 Å². The molecule has 0 fully saturated rings. The summed E-state index contributed by atoms with van der Waals surface area (Å²) < 4.78 is 0. The maximum Gasteiger partial charge on any atom is 0.239 e. The lowest BCUT2D eigenvalue weighted by atomic mass is 10.2. The summed E-state index contributed by atoms with van der Waals surface area (Å²) in [5.41, 5.74) is 4.46. The zero-order valence-corrected chi connectivity index (χ0v) is 10.7. The van der Waals surface area contributed by atoms with Crippen LogP contribution >= 0.6 is 0 Å². The van der Waals surface area contributed by atoms with Gasteiger partial charge in [0.2, 0.25) is 5.95 Å². The third-order valence-corrected chi connectivity index (χ3v) is 2.94. The SMILES string of the molecule is NNc1nc(NCc2ccncc2)c2ccccc2n1. The van der Waals surface area contributed by atoms with Crippen molar-refractivity contribution < 1.29 is 0 Å². The minimum Gasteiger partial charge on any atom is -0.365 e. The average molecular weight is 266 g/mol. The van der Waals surface area contributed by atoms with Gasteiger partial charge in [-0.15, -0.1) is 0 Å². The highest BCUT2D eigenvalue weighted by atomic mass is 15.3. The van der Waals surface area contributed by atoms with Crippen molar-refractivity contribution in [1.29, 1.82) is 0 Å². The average Bonchev–Trinajstić information content (AvgIpc) is 2.53. The van der Waals surface area contributed by atoms with Crippen LogP contribution in [0.1, 0.15) is 5.56 Å². The van der Waals surface area contributed by atoms with E-state index in [-0.39, 0.29) is 0 Å². The van der Waals surface area contributed by atoms with E-state index in [0.717, 1.165) is 22.3 Å². The highest BCUT2D eigenvalue weighted by molar-refractivity contribution is 5.89. The van der Waals surface area contributed by atoms with Gasteiger partial charge in [0.15, 0.2) is 0 Å². The summed E-state index contributed by atoms with van der Waals surface area (Å²) in [4.78, 5) is 12.7. The Labute approximate surface area is 116 Å². The zero-order valence-electron chi connectivity index (χ0n) is 10.7. The summed E-state index contributed by atoms with van der Waals surface area (Å²) >= 11 is 0. The molecule has 0 atom stereocenters. The second-order valence-corrected chi connectivity index (χ2v) is 4.27. The molecular formula is C14H14N6. The fourth-order valence-electron chi connectivity index (χ4n) is 1.96. The van der Waals surface area contributed by atoms with E-state index < -0.39 is 0 Å². The first-order chi connectivity index (χ1) is 9.86. The summed E-state index contributed by atoms with van der Waals surface area (Å²) in [6.45, 7) is 0.660. The van der Waals surface area contributed by atoms with Crippen molar-refractivity contribution in [2.24, 2.45) is 5.84 Å². The van der Waals surface area contributed by atoms with E-state index in [9.17, 15) is 0 Å². The molecule has 0 aliphatic carbocycles. The first-order valence-electron chi connectivity index (χ1n) is 6.23. The number of anilines is 2. The second kappa shape index (κ2) is 5.50. The van der Waals surface area contributed by atoms with Gasteiger partial charge in [-0.2, -0.15) is 4.98 Å². The van der Waals surface area contributed by atoms with Crippen LogP contribution in [0, 0.1) is 0 Å². The number of nitrogens with one attached hydrogen (secondary N) is 2. The highest BCUT2D eigenvalue weighted by Crippen LogP contribution is 2.21. The minimum absolute atomic E-state index is 0.390. The summed E-state index contributed by atoms with van der Waals surface area (Å²) in [5, 5.41) is 4.26. The van der Waals surface area contributed by atoms with Gasteiger partial charge in [0.1, 0.15) is 5.82 Å². The van der Waals surface area contributed by atoms with E-state index in [4.69, 9.17) is 5.84 Å². The Balaban J connectivity index is 1.93. The molecule has 2 heterocycles. The molecule has 0 spiro atoms. The lowest BCUT2D eigenvalue weighted by Gasteiger charge is -2.10. The zero-order chi connectivity index (χ0) is 13.8. The Morgan fingerprint density at radius 1 is 1.00 bits per heavy atom. The van der Waals surface area contributed by atoms with Gasteiger partial charge in [0.25, 0.3) is 0 Å². The fraction of sp³-hybridized carbons (Fsp3) is 0.0714. The predicted octanol–water partition coefficient (Wildman–Crippen LogP) is 1.92. The molecule has 20 heavy (non-hydrogen) atoms. The Hall–Kier alpha value is -2.73. The number of nitrogens with zero attached hydrogens (tertiary/aromatic N) is 3. The van der Waals surface area contributed by atoms with Crippen LogP contribution in [0.3, 0.4) is 0 Å². The molecule has 0 amide bonds. The topological polar surface area (TPSA) is 88.8 Å². The number of hydrazine groups is 1. The number of nitrogen functional groups attached to an aromatic ring is 1. The lowest BCUT2D eigenvalue weighted by molar-refractivity contribution is 1.08. The van der Waals surface area contributed by atoms with Gasteiger partial charge in [-0.3, -0.25) is 10.4 Å². The van der Waals surface area contributed by atoms with Crippen molar-refractivity contribution in [3.05, 3.63) is 54.4 Å². The Morgan fingerprint density at radius 3 is 2.60 bits per heavy atom. The molecule has 0 radical (unpaired) electrons. The Kier molecular flexibility index (Phi) is 3.38. The molecule has 0 bridgehead atoms. The quantitative estimate of drug-likeness (QED) is 0.494. The van der Waals surface area contributed by atoms with E-state index in [1.807, 2.05) is 36.4 Å². The molecule has 6 heteroatoms. The molecule has 100 valence electrons. The van der Waals surface area contributed by atoms with Crippen molar-refractivity contribution in [3.63, 3.8) is 0 Å². The van der Waals surface area contributed by atoms with Crippen LogP contribution in [0.5, 0.6) is 0 Å². The van der Waals surface area contributed by atoms with E-state index in [0.29, 0.717) is 12.5 Å². The molecule has 0 aliphatic rings. The van der Waals surface area contributed by atoms with Crippen molar-refractivity contribution in [2.75, 3.05) is 10.7 Å². The van der Waals surface area contributed by atoms with E-state index in [1.165, 1.54) is 0 Å². The molecule has 6 nitrogen and oxygen atoms in total. The van der Waals surface area contributed by atoms with Crippen molar-refractivity contribution in [2.45, 2.75) is 6.54 Å². The summed E-state index contributed by atoms with van der Waals surface area (Å²) in [5.74, 6) is 6.55. The van der Waals surface area contributed by atoms with Gasteiger partial charge in [-0.1, -0.05) is 12.1 Å². The first kappa shape index (κ1) is 12.3. The maximum atomic E-state index is 5.41. The molecule has 0 aliphatic heterocycles. The number of aromatic nitrogens is 3. The maximum absolute atomic E-state index is 5.41. The van der Waals surface area contributed by atoms with E-state index >= 15 is 0 Å². The predicted molar refractivity (Wildman–Crippen MR) is 78.9 cm³/mol. The standard InChI is InChI=1S/C14H14N6/c15-20-14-18-12-4-2-1-3-11(12)13(19-14)17-9-10-5-7-16-8-6-10/h1-8H,9,15H2,(H2,17,18,19,20). The molecule has 1 aromatic carbocycles. The fourth-order valence-corrected chi connectivity index (χ4v) is 1.96. The summed E-state index contributed by atoms with van der Waals surface area (Å²) in [6, 6.07) is 11.7. The normalized spacial score (nSPS) is 10.4. The lowest BCUT2D eigenvalue weighted by Crippen LogP contribution is -2.12. The van der Waals surface area contributed by atoms with Crippen molar-refractivity contribution in [3.8, 4) is 0 Å². The van der Waals surface area contributed by atoms with Gasteiger partial charge >= 0.3 is 0 Å².